The van der Waals surface area contributed by atoms with Crippen LogP contribution in [0.5, 0.6) is 11.5 Å². The summed E-state index contributed by atoms with van der Waals surface area (Å²) in [5, 5.41) is 6.08. The first kappa shape index (κ1) is 28.5. The summed E-state index contributed by atoms with van der Waals surface area (Å²) >= 11 is 0. The Morgan fingerprint density at radius 2 is 1.85 bits per heavy atom. The van der Waals surface area contributed by atoms with Crippen molar-refractivity contribution in [2.24, 2.45) is 0 Å². The van der Waals surface area contributed by atoms with Gasteiger partial charge < -0.3 is 29.6 Å². The largest absolute Gasteiger partial charge is 0.494 e. The Bertz CT molecular complexity index is 1170. The summed E-state index contributed by atoms with van der Waals surface area (Å²) in [4.78, 5) is 11.4. The zero-order valence-electron chi connectivity index (χ0n) is 22.4. The van der Waals surface area contributed by atoms with Gasteiger partial charge in [0.1, 0.15) is 17.3 Å². The molecular weight excluding hydrogens is 499 g/mol. The van der Waals surface area contributed by atoms with E-state index in [0.717, 1.165) is 37.2 Å². The number of quaternary nitrogens is 1. The molecule has 1 heterocycles. The average Bonchev–Trinajstić information content (AvgIpc) is 2.98. The lowest BCUT2D eigenvalue weighted by molar-refractivity contribution is -0.665. The number of rotatable bonds is 14. The first-order valence-corrected chi connectivity index (χ1v) is 13.5. The summed E-state index contributed by atoms with van der Waals surface area (Å²) in [6, 6.07) is 23.2. The van der Waals surface area contributed by atoms with Gasteiger partial charge in [-0.2, -0.15) is 0 Å². The monoisotopic (exact) mass is 537 g/mol. The number of methoxy groups -OCH3 is 1. The Hall–Kier alpha value is -3.46. The molecule has 4 rings (SSSR count). The van der Waals surface area contributed by atoms with Crippen LogP contribution in [0.2, 0.25) is 0 Å². The second kappa shape index (κ2) is 15.2. The number of nitrogens with two attached hydrogens (primary N) is 1. The van der Waals surface area contributed by atoms with E-state index in [1.807, 2.05) is 36.4 Å². The summed E-state index contributed by atoms with van der Waals surface area (Å²) in [6.45, 7) is 4.05. The van der Waals surface area contributed by atoms with Crippen molar-refractivity contribution in [3.05, 3.63) is 95.3 Å². The standard InChI is InChI=1S/C31H37FN2O5/c1-36-31(35)22-39-27-8-4-6-23(18-27)19-34-30-20-33-15-14-28(30)24-10-12-26(13-11-24)38-17-5-16-37-21-25-7-2-3-9-29(25)32/h2-4,6-13,18,28,30,33-34H,5,14-17,19-22H2,1H3/p+1/t28?,30-/m1/s1. The lowest BCUT2D eigenvalue weighted by Gasteiger charge is -2.31. The molecule has 0 radical (unpaired) electrons. The summed E-state index contributed by atoms with van der Waals surface area (Å²) in [6.07, 6.45) is 1.83. The second-order valence-corrected chi connectivity index (χ2v) is 9.62. The normalized spacial score (nSPS) is 17.0. The molecule has 0 amide bonds. The lowest BCUT2D eigenvalue weighted by Crippen LogP contribution is -2.90. The van der Waals surface area contributed by atoms with Crippen LogP contribution in [0.4, 0.5) is 4.39 Å². The zero-order valence-corrected chi connectivity index (χ0v) is 22.4. The van der Waals surface area contributed by atoms with Gasteiger partial charge in [-0.05, 0) is 41.5 Å². The van der Waals surface area contributed by atoms with Gasteiger partial charge in [0, 0.05) is 30.9 Å². The summed E-state index contributed by atoms with van der Waals surface area (Å²) in [5.41, 5.74) is 2.97. The smallest absolute Gasteiger partial charge is 0.343 e. The molecule has 0 spiro atoms. The molecule has 7 nitrogen and oxygen atoms in total. The predicted molar refractivity (Wildman–Crippen MR) is 146 cm³/mol. The van der Waals surface area contributed by atoms with Crippen molar-refractivity contribution in [1.82, 2.24) is 5.32 Å². The van der Waals surface area contributed by atoms with Gasteiger partial charge in [-0.25, -0.2) is 9.18 Å². The minimum absolute atomic E-state index is 0.101. The number of carbonyl (C=O) groups is 1. The van der Waals surface area contributed by atoms with E-state index in [-0.39, 0.29) is 19.0 Å². The van der Waals surface area contributed by atoms with Gasteiger partial charge >= 0.3 is 5.97 Å². The van der Waals surface area contributed by atoms with E-state index >= 15 is 0 Å². The maximum atomic E-state index is 13.6. The highest BCUT2D eigenvalue weighted by Crippen LogP contribution is 2.27. The number of ether oxygens (including phenoxy) is 4. The molecule has 1 saturated heterocycles. The predicted octanol–water partition coefficient (Wildman–Crippen LogP) is 3.57. The van der Waals surface area contributed by atoms with Crippen LogP contribution >= 0.6 is 0 Å². The average molecular weight is 538 g/mol. The molecule has 3 aromatic carbocycles. The Balaban J connectivity index is 1.21. The maximum Gasteiger partial charge on any atom is 0.343 e. The first-order valence-electron chi connectivity index (χ1n) is 13.5. The van der Waals surface area contributed by atoms with Crippen molar-refractivity contribution in [3.63, 3.8) is 0 Å². The molecule has 3 aromatic rings. The van der Waals surface area contributed by atoms with Gasteiger partial charge in [-0.1, -0.05) is 42.5 Å². The quantitative estimate of drug-likeness (QED) is 0.242. The van der Waals surface area contributed by atoms with Crippen LogP contribution in [0.25, 0.3) is 0 Å². The van der Waals surface area contributed by atoms with Gasteiger partial charge in [0.05, 0.1) is 46.1 Å². The molecule has 208 valence electrons. The van der Waals surface area contributed by atoms with Crippen LogP contribution in [-0.2, 0) is 27.4 Å². The molecule has 3 N–H and O–H groups in total. The van der Waals surface area contributed by atoms with Gasteiger partial charge in [0.2, 0.25) is 0 Å². The SMILES string of the molecule is COC(=O)COc1cccc(CN[C@@H]2C[NH2+]CCC2c2ccc(OCCCOCc3ccccc3F)cc2)c1. The van der Waals surface area contributed by atoms with E-state index in [9.17, 15) is 9.18 Å². The van der Waals surface area contributed by atoms with E-state index < -0.39 is 5.97 Å². The third-order valence-corrected chi connectivity index (χ3v) is 6.86. The molecular formula is C31H38FN2O5+. The van der Waals surface area contributed by atoms with Crippen molar-refractivity contribution in [3.8, 4) is 11.5 Å². The molecule has 1 fully saturated rings. The fourth-order valence-corrected chi connectivity index (χ4v) is 4.74. The van der Waals surface area contributed by atoms with Gasteiger partial charge in [-0.3, -0.25) is 0 Å². The summed E-state index contributed by atoms with van der Waals surface area (Å²) in [7, 11) is 1.35. The van der Waals surface area contributed by atoms with E-state index in [1.165, 1.54) is 18.7 Å². The molecule has 0 aromatic heterocycles. The van der Waals surface area contributed by atoms with E-state index in [4.69, 9.17) is 14.2 Å². The van der Waals surface area contributed by atoms with Crippen molar-refractivity contribution in [1.29, 1.82) is 0 Å². The molecule has 8 heteroatoms. The molecule has 39 heavy (non-hydrogen) atoms. The number of benzene rings is 3. The van der Waals surface area contributed by atoms with Gasteiger partial charge in [0.15, 0.2) is 6.61 Å². The summed E-state index contributed by atoms with van der Waals surface area (Å²) < 4.78 is 35.3. The second-order valence-electron chi connectivity index (χ2n) is 9.62. The highest BCUT2D eigenvalue weighted by atomic mass is 19.1. The Labute approximate surface area is 229 Å². The molecule has 1 aliphatic rings. The van der Waals surface area contributed by atoms with E-state index in [0.29, 0.717) is 43.0 Å². The zero-order chi connectivity index (χ0) is 27.3. The Kier molecular flexibility index (Phi) is 11.1. The topological polar surface area (TPSA) is 82.6 Å². The van der Waals surface area contributed by atoms with Crippen LogP contribution in [0.3, 0.4) is 0 Å². The Morgan fingerprint density at radius 1 is 1.00 bits per heavy atom. The number of hydrogen-bond acceptors (Lipinski definition) is 6. The van der Waals surface area contributed by atoms with Gasteiger partial charge in [-0.15, -0.1) is 0 Å². The molecule has 1 aliphatic heterocycles. The van der Waals surface area contributed by atoms with Crippen molar-refractivity contribution < 1.29 is 33.4 Å². The minimum Gasteiger partial charge on any atom is -0.494 e. The van der Waals surface area contributed by atoms with Crippen LogP contribution in [0.15, 0.2) is 72.8 Å². The van der Waals surface area contributed by atoms with Crippen molar-refractivity contribution in [2.75, 3.05) is 40.0 Å². The molecule has 0 bridgehead atoms. The lowest BCUT2D eigenvalue weighted by atomic mass is 9.86. The number of piperidine rings is 1. The van der Waals surface area contributed by atoms with Gasteiger partial charge in [0.25, 0.3) is 0 Å². The minimum atomic E-state index is -0.402. The highest BCUT2D eigenvalue weighted by molar-refractivity contribution is 5.70. The molecule has 0 aliphatic carbocycles. The molecule has 0 saturated carbocycles. The number of nitrogens with one attached hydrogen (secondary N) is 1. The number of halogens is 1. The highest BCUT2D eigenvalue weighted by Gasteiger charge is 2.28. The molecule has 1 unspecified atom stereocenters. The maximum absolute atomic E-state index is 13.6. The number of carbonyl (C=O) groups excluding carboxylic acids is 1. The van der Waals surface area contributed by atoms with Crippen molar-refractivity contribution >= 4 is 5.97 Å². The third-order valence-electron chi connectivity index (χ3n) is 6.86. The fourth-order valence-electron chi connectivity index (χ4n) is 4.74. The number of esters is 1. The van der Waals surface area contributed by atoms with Crippen LogP contribution in [0.1, 0.15) is 35.4 Å². The van der Waals surface area contributed by atoms with E-state index in [1.54, 1.807) is 12.1 Å². The molecule has 2 atom stereocenters. The fraction of sp³-hybridized carbons (Fsp3) is 0.387. The van der Waals surface area contributed by atoms with Crippen LogP contribution in [0, 0.1) is 5.82 Å². The van der Waals surface area contributed by atoms with Crippen LogP contribution in [-0.4, -0.2) is 52.0 Å². The third kappa shape index (κ3) is 9.06. The van der Waals surface area contributed by atoms with Crippen LogP contribution < -0.4 is 20.1 Å². The number of hydrogen-bond donors (Lipinski definition) is 2. The van der Waals surface area contributed by atoms with E-state index in [2.05, 4.69) is 33.6 Å². The first-order chi connectivity index (χ1) is 19.1. The van der Waals surface area contributed by atoms with Crippen molar-refractivity contribution in [2.45, 2.75) is 38.0 Å². The summed E-state index contributed by atoms with van der Waals surface area (Å²) in [5.74, 6) is 1.26. The Morgan fingerprint density at radius 3 is 2.67 bits per heavy atom.